The Labute approximate surface area is 695 Å². The SMILES string of the molecule is C=C1C[C@@H]2[C@H](CC[C@]3(C)C(=O)CC[C@@H]23)[C@@]2(C)C(CO)=CC(=O)C=C12.C=C1C[C@@H]2[C@H](CC[C@]3(C)C(=O)CC[C@@H]23)[C@@]2(C)C(COC(C)=O)=CC(=O)C=C12.C=C1C[C@@H]2[C@H](CC[C@]3(C)C(=O)CC[C@@H]23)[C@@]2(C)C(COCC)=CC(=O)C=C12.CC(=O)OCC1=CC(=O)C=C2CC[C@@H]3[C@H](CC[C@]4(C)C(=O)CC[C@@H]34)[C@]21C.CC(=O)[O-].[Na+].[Na+].[OH-]. The minimum absolute atomic E-state index is 0. The number of hydrogen-bond acceptors (Lipinski definition) is 17. The molecule has 584 valence electrons. The number of Topliss-reactive ketones (excluding diaryl/α,β-unsaturated/α-hetero) is 4. The predicted octanol–water partition coefficient (Wildman–Crippen LogP) is 8.18. The zero-order valence-electron chi connectivity index (χ0n) is 68.1. The molecule has 17 nitrogen and oxygen atoms in total. The van der Waals surface area contributed by atoms with Crippen molar-refractivity contribution in [3.8, 4) is 0 Å². The van der Waals surface area contributed by atoms with Crippen LogP contribution in [0.2, 0.25) is 0 Å². The Hall–Kier alpha value is -5.21. The second-order valence-corrected chi connectivity index (χ2v) is 36.4. The van der Waals surface area contributed by atoms with E-state index < -0.39 is 5.97 Å². The number of carbonyl (C=O) groups is 11. The summed E-state index contributed by atoms with van der Waals surface area (Å²) in [7, 11) is 0. The Morgan fingerprint density at radius 2 is 0.691 bits per heavy atom. The fourth-order valence-corrected chi connectivity index (χ4v) is 26.1. The van der Waals surface area contributed by atoms with Gasteiger partial charge in [0.05, 0.1) is 13.2 Å². The first-order valence-electron chi connectivity index (χ1n) is 40.0. The van der Waals surface area contributed by atoms with E-state index in [1.165, 1.54) is 19.4 Å². The van der Waals surface area contributed by atoms with E-state index in [0.29, 0.717) is 120 Å². The molecular formula is C91H116Na2O17. The molecule has 2 N–H and O–H groups in total. The maximum Gasteiger partial charge on any atom is 1.00 e. The number of allylic oxidation sites excluding steroid dienone is 15. The summed E-state index contributed by atoms with van der Waals surface area (Å²) in [6.45, 7) is 37.7. The van der Waals surface area contributed by atoms with Crippen LogP contribution in [-0.2, 0) is 67.0 Å². The quantitative estimate of drug-likeness (QED) is 0.177. The van der Waals surface area contributed by atoms with Crippen molar-refractivity contribution in [2.75, 3.05) is 33.0 Å². The van der Waals surface area contributed by atoms with E-state index in [2.05, 4.69) is 75.1 Å². The summed E-state index contributed by atoms with van der Waals surface area (Å²) in [6.07, 6.45) is 33.0. The van der Waals surface area contributed by atoms with Gasteiger partial charge in [0, 0.05) is 95.4 Å². The number of esters is 2. The number of carboxylic acids is 1. The van der Waals surface area contributed by atoms with Gasteiger partial charge in [0.1, 0.15) is 36.3 Å². The zero-order chi connectivity index (χ0) is 77.8. The summed E-state index contributed by atoms with van der Waals surface area (Å²) in [6, 6.07) is 0. The summed E-state index contributed by atoms with van der Waals surface area (Å²) < 4.78 is 16.4. The second-order valence-electron chi connectivity index (χ2n) is 36.4. The molecule has 0 aromatic heterocycles. The number of rotatable bonds is 8. The molecular weight excluding hydrogens is 1410 g/mol. The van der Waals surface area contributed by atoms with E-state index in [1.54, 1.807) is 42.5 Å². The molecule has 16 aliphatic rings. The smallest absolute Gasteiger partial charge is 0.870 e. The van der Waals surface area contributed by atoms with Gasteiger partial charge >= 0.3 is 71.1 Å². The Balaban J connectivity index is 0.000000165. The van der Waals surface area contributed by atoms with Crippen molar-refractivity contribution in [1.82, 2.24) is 0 Å². The van der Waals surface area contributed by atoms with E-state index in [-0.39, 0.29) is 163 Å². The third-order valence-electron chi connectivity index (χ3n) is 31.8. The molecule has 0 unspecified atom stereocenters. The molecule has 110 heavy (non-hydrogen) atoms. The van der Waals surface area contributed by atoms with Crippen LogP contribution in [0.5, 0.6) is 0 Å². The third-order valence-corrected chi connectivity index (χ3v) is 31.8. The molecule has 0 heterocycles. The molecule has 0 amide bonds. The van der Waals surface area contributed by atoms with Gasteiger partial charge in [0.2, 0.25) is 0 Å². The van der Waals surface area contributed by atoms with Gasteiger partial charge < -0.3 is 34.7 Å². The topological polar surface area (TPSA) is 289 Å². The summed E-state index contributed by atoms with van der Waals surface area (Å²) in [5.41, 5.74) is 9.47. The van der Waals surface area contributed by atoms with Crippen LogP contribution in [0, 0.1) is 114 Å². The van der Waals surface area contributed by atoms with Gasteiger partial charge in [-0.05, 0) is 282 Å². The van der Waals surface area contributed by atoms with Crippen LogP contribution in [0.15, 0.2) is 130 Å². The van der Waals surface area contributed by atoms with Crippen molar-refractivity contribution in [1.29, 1.82) is 0 Å². The first-order chi connectivity index (χ1) is 50.3. The summed E-state index contributed by atoms with van der Waals surface area (Å²) in [4.78, 5) is 131. The normalized spacial score (nSPS) is 39.6. The molecule has 16 aliphatic carbocycles. The van der Waals surface area contributed by atoms with Gasteiger partial charge in [-0.1, -0.05) is 97.4 Å². The van der Waals surface area contributed by atoms with Crippen molar-refractivity contribution < 1.29 is 142 Å². The Kier molecular flexibility index (Phi) is 26.8. The largest absolute Gasteiger partial charge is 1.00 e. The number of fused-ring (bicyclic) bond motifs is 20. The van der Waals surface area contributed by atoms with Gasteiger partial charge in [-0.3, -0.25) is 47.9 Å². The van der Waals surface area contributed by atoms with Gasteiger partial charge in [0.15, 0.2) is 23.1 Å². The van der Waals surface area contributed by atoms with Crippen molar-refractivity contribution in [3.05, 3.63) is 130 Å². The summed E-state index contributed by atoms with van der Waals surface area (Å²) >= 11 is 0. The number of carbonyl (C=O) groups excluding carboxylic acids is 11. The number of ketones is 8. The van der Waals surface area contributed by atoms with E-state index in [4.69, 9.17) is 24.1 Å². The molecule has 0 saturated heterocycles. The molecule has 12 saturated carbocycles. The molecule has 0 radical (unpaired) electrons. The number of aliphatic carboxylic acids is 1. The molecule has 0 aromatic rings. The standard InChI is InChI=1S/C23H28O4.C23H30O3.C22H28O4.C21H26O3.C2H4O2.2Na.H2O/c1-13-9-17-18-5-6-21(26)22(18,3)8-7-19(17)23(4)15(12-27-14(2)24)10-16(25)11-20(13)23;1-5-26-13-15-11-16(24)12-20-14(2)10-17-18-6-7-21(25)22(18,3)9-8-19(17)23(15,20)4;1-13(23)26-12-15-11-16(24)10-14-4-5-17-18-6-7-20(25)21(18,2)9-8-19(17)22(14,15)3;1-12-8-15-16-4-5-19(24)20(16,2)7-6-17(15)21(3)13(11-22)9-14(23)10-18(12)21;1-2(3)4;;;/h10-11,17-19H,1,5-9,12H2,2-4H3;11-12,17-19H,2,5-10,13H2,1,3-4H3;10-11,17-19H,4-9,12H2,1-3H3;9-10,15-17,22H,1,4-8,11H2,2-3H3;1H3,(H,3,4);;;1H2/q;;;;;2*+1;/p-2/t2*17-,18-,19-,22-,23+;17-,18-,19-,21-,22+;15-,16-,17-,20-,21+;;;;/m0000..../s1. The third kappa shape index (κ3) is 14.9. The first kappa shape index (κ1) is 88.7. The fraction of sp³-hybridized carbons (Fsp3) is 0.637. The molecule has 12 fully saturated rings. The van der Waals surface area contributed by atoms with Crippen LogP contribution < -0.4 is 64.2 Å². The van der Waals surface area contributed by atoms with E-state index in [9.17, 15) is 53.1 Å². The van der Waals surface area contributed by atoms with Crippen LogP contribution in [0.1, 0.15) is 218 Å². The average Bonchev–Trinajstić information content (AvgIpc) is 1.26. The number of aliphatic hydroxyl groups is 1. The Bertz CT molecular complexity index is 4160. The zero-order valence-corrected chi connectivity index (χ0v) is 72.1. The molecule has 0 aliphatic heterocycles. The maximum absolute atomic E-state index is 12.6. The maximum atomic E-state index is 12.6. The van der Waals surface area contributed by atoms with Crippen molar-refractivity contribution in [2.24, 2.45) is 114 Å². The van der Waals surface area contributed by atoms with E-state index >= 15 is 0 Å². The van der Waals surface area contributed by atoms with Gasteiger partial charge in [0.25, 0.3) is 0 Å². The second kappa shape index (κ2) is 33.2. The average molecular weight is 1530 g/mol. The van der Waals surface area contributed by atoms with Crippen molar-refractivity contribution >= 4 is 64.2 Å². The molecule has 0 spiro atoms. The van der Waals surface area contributed by atoms with Crippen molar-refractivity contribution in [3.63, 3.8) is 0 Å². The monoisotopic (exact) mass is 1530 g/mol. The van der Waals surface area contributed by atoms with Crippen LogP contribution in [-0.4, -0.2) is 108 Å². The first-order valence-corrected chi connectivity index (χ1v) is 40.0. The number of hydrogen-bond donors (Lipinski definition) is 1. The number of aliphatic hydroxyl groups excluding tert-OH is 1. The summed E-state index contributed by atoms with van der Waals surface area (Å²) in [5.74, 6) is 5.09. The minimum atomic E-state index is -1.08. The van der Waals surface area contributed by atoms with Gasteiger partial charge in [-0.25, -0.2) is 0 Å². The van der Waals surface area contributed by atoms with Gasteiger partial charge in [-0.15, -0.1) is 0 Å². The van der Waals surface area contributed by atoms with Crippen LogP contribution >= 0.6 is 0 Å². The molecule has 16 rings (SSSR count). The number of ether oxygens (including phenoxy) is 3. The van der Waals surface area contributed by atoms with Crippen molar-refractivity contribution in [2.45, 2.75) is 218 Å². The minimum Gasteiger partial charge on any atom is -0.870 e. The molecule has 19 heteroatoms. The van der Waals surface area contributed by atoms with E-state index in [1.807, 2.05) is 13.0 Å². The molecule has 0 bridgehead atoms. The number of carboxylic acid groups (broad SMARTS) is 1. The van der Waals surface area contributed by atoms with E-state index in [0.717, 1.165) is 185 Å². The van der Waals surface area contributed by atoms with Crippen LogP contribution in [0.4, 0.5) is 0 Å². The van der Waals surface area contributed by atoms with Gasteiger partial charge in [-0.2, -0.15) is 0 Å². The Morgan fingerprint density at radius 1 is 0.409 bits per heavy atom. The predicted molar refractivity (Wildman–Crippen MR) is 405 cm³/mol. The van der Waals surface area contributed by atoms with Crippen LogP contribution in [0.25, 0.3) is 0 Å². The van der Waals surface area contributed by atoms with Crippen LogP contribution in [0.3, 0.4) is 0 Å². The fourth-order valence-electron chi connectivity index (χ4n) is 26.1. The molecule has 20 atom stereocenters. The summed E-state index contributed by atoms with van der Waals surface area (Å²) in [5, 5.41) is 18.8. The molecule has 0 aromatic carbocycles. The Morgan fingerprint density at radius 3 is 1.01 bits per heavy atom.